The Labute approximate surface area is 205 Å². The summed E-state index contributed by atoms with van der Waals surface area (Å²) in [5.41, 5.74) is 0.992. The fourth-order valence-corrected chi connectivity index (χ4v) is 5.23. The number of aromatic nitrogens is 3. The average molecular weight is 505 g/mol. The van der Waals surface area contributed by atoms with Gasteiger partial charge in [0.1, 0.15) is 0 Å². The Balaban J connectivity index is 1.88. The largest absolute Gasteiger partial charge is 0.394 e. The predicted octanol–water partition coefficient (Wildman–Crippen LogP) is 0.995. The maximum atomic E-state index is 13.2. The number of hydrogen-bond acceptors (Lipinski definition) is 8. The van der Waals surface area contributed by atoms with Crippen molar-refractivity contribution >= 4 is 15.9 Å². The Morgan fingerprint density at radius 3 is 2.89 bits per heavy atom. The predicted molar refractivity (Wildman–Crippen MR) is 126 cm³/mol. The van der Waals surface area contributed by atoms with Crippen LogP contribution in [-0.4, -0.2) is 82.5 Å². The molecule has 0 unspecified atom stereocenters. The van der Waals surface area contributed by atoms with Crippen LogP contribution in [0, 0.1) is 17.2 Å². The number of carbonyl (C=O) groups excluding carboxylic acids is 1. The molecule has 11 nitrogen and oxygen atoms in total. The number of ether oxygens (including phenoxy) is 1. The molecule has 1 aliphatic rings. The van der Waals surface area contributed by atoms with Gasteiger partial charge in [0.2, 0.25) is 15.9 Å². The van der Waals surface area contributed by atoms with Gasteiger partial charge in [0.05, 0.1) is 53.8 Å². The molecule has 12 heteroatoms. The molecule has 1 aliphatic heterocycles. The molecular formula is C23H32N6O5S. The monoisotopic (exact) mass is 504 g/mol. The molecule has 1 aromatic heterocycles. The molecule has 1 N–H and O–H groups in total. The molecule has 0 fully saturated rings. The maximum absolute atomic E-state index is 13.2. The fraction of sp³-hybridized carbons (Fsp3) is 0.565. The van der Waals surface area contributed by atoms with Crippen molar-refractivity contribution in [1.82, 2.24) is 24.2 Å². The van der Waals surface area contributed by atoms with E-state index < -0.39 is 16.1 Å². The number of hydrogen-bond donors (Lipinski definition) is 1. The number of likely N-dealkylation sites (N-methyl/N-ethyl adjacent to an activating group) is 1. The molecule has 1 aromatic carbocycles. The Morgan fingerprint density at radius 2 is 2.17 bits per heavy atom. The van der Waals surface area contributed by atoms with Crippen LogP contribution >= 0.6 is 0 Å². The van der Waals surface area contributed by atoms with Crippen molar-refractivity contribution in [2.45, 2.75) is 56.9 Å². The first-order valence-corrected chi connectivity index (χ1v) is 13.0. The van der Waals surface area contributed by atoms with Crippen LogP contribution in [-0.2, 0) is 32.7 Å². The summed E-state index contributed by atoms with van der Waals surface area (Å²) in [5, 5.41) is 26.9. The highest BCUT2D eigenvalue weighted by atomic mass is 32.2. The highest BCUT2D eigenvalue weighted by Gasteiger charge is 2.31. The third-order valence-corrected chi connectivity index (χ3v) is 8.07. The molecule has 0 aliphatic carbocycles. The van der Waals surface area contributed by atoms with E-state index in [-0.39, 0.29) is 48.1 Å². The van der Waals surface area contributed by atoms with Crippen LogP contribution in [0.15, 0.2) is 35.4 Å². The van der Waals surface area contributed by atoms with E-state index in [9.17, 15) is 18.3 Å². The smallest absolute Gasteiger partial charge is 0.242 e. The van der Waals surface area contributed by atoms with E-state index in [4.69, 9.17) is 10.00 Å². The van der Waals surface area contributed by atoms with Gasteiger partial charge in [0, 0.05) is 39.0 Å². The van der Waals surface area contributed by atoms with Crippen molar-refractivity contribution in [3.05, 3.63) is 41.7 Å². The number of aryl methyl sites for hydroxylation is 1. The summed E-state index contributed by atoms with van der Waals surface area (Å²) in [6, 6.07) is 7.44. The van der Waals surface area contributed by atoms with Crippen LogP contribution in [0.2, 0.25) is 0 Å². The number of benzene rings is 1. The summed E-state index contributed by atoms with van der Waals surface area (Å²) in [7, 11) is -2.42. The molecule has 0 saturated carbocycles. The van der Waals surface area contributed by atoms with Crippen molar-refractivity contribution in [3.8, 4) is 6.07 Å². The van der Waals surface area contributed by atoms with E-state index in [1.54, 1.807) is 28.8 Å². The Bertz CT molecular complexity index is 1160. The third kappa shape index (κ3) is 6.43. The van der Waals surface area contributed by atoms with Crippen LogP contribution in [0.3, 0.4) is 0 Å². The second-order valence-electron chi connectivity index (χ2n) is 8.88. The van der Waals surface area contributed by atoms with Gasteiger partial charge in [-0.05, 0) is 31.5 Å². The van der Waals surface area contributed by atoms with E-state index in [0.29, 0.717) is 25.9 Å². The molecule has 1 amide bonds. The summed E-state index contributed by atoms with van der Waals surface area (Å²) in [5.74, 6) is -0.339. The lowest BCUT2D eigenvalue weighted by Gasteiger charge is -2.35. The van der Waals surface area contributed by atoms with Gasteiger partial charge < -0.3 is 14.7 Å². The molecule has 190 valence electrons. The number of aliphatic hydroxyl groups excluding tert-OH is 1. The highest BCUT2D eigenvalue weighted by molar-refractivity contribution is 7.89. The van der Waals surface area contributed by atoms with E-state index in [1.807, 2.05) is 13.0 Å². The molecule has 2 heterocycles. The third-order valence-electron chi connectivity index (χ3n) is 6.25. The molecule has 3 atom stereocenters. The SMILES string of the molecule is C[C@H]1CN([C@@H](C)CO)C(=O)CCCn2nncc2CO[C@@H]1CN(C)S(=O)(=O)c1cccc(C#N)c1. The van der Waals surface area contributed by atoms with E-state index in [0.717, 1.165) is 5.69 Å². The number of rotatable bonds is 6. The van der Waals surface area contributed by atoms with Gasteiger partial charge in [-0.15, -0.1) is 5.10 Å². The van der Waals surface area contributed by atoms with Crippen molar-refractivity contribution in [2.24, 2.45) is 5.92 Å². The zero-order chi connectivity index (χ0) is 25.6. The fourth-order valence-electron chi connectivity index (χ4n) is 4.00. The van der Waals surface area contributed by atoms with Crippen LogP contribution in [0.4, 0.5) is 0 Å². The number of carbonyl (C=O) groups is 1. The lowest BCUT2D eigenvalue weighted by Crippen LogP contribution is -2.47. The van der Waals surface area contributed by atoms with Crippen molar-refractivity contribution in [1.29, 1.82) is 5.26 Å². The second-order valence-corrected chi connectivity index (χ2v) is 10.9. The lowest BCUT2D eigenvalue weighted by molar-refractivity contribution is -0.136. The van der Waals surface area contributed by atoms with Crippen LogP contribution in [0.5, 0.6) is 0 Å². The maximum Gasteiger partial charge on any atom is 0.242 e. The first kappa shape index (κ1) is 26.7. The molecule has 0 spiro atoms. The van der Waals surface area contributed by atoms with Crippen molar-refractivity contribution in [3.63, 3.8) is 0 Å². The number of aliphatic hydroxyl groups is 1. The molecule has 2 aromatic rings. The van der Waals surface area contributed by atoms with Gasteiger partial charge in [0.25, 0.3) is 0 Å². The van der Waals surface area contributed by atoms with Crippen LogP contribution in [0.25, 0.3) is 0 Å². The zero-order valence-electron chi connectivity index (χ0n) is 20.2. The summed E-state index contributed by atoms with van der Waals surface area (Å²) in [6.07, 6.45) is 1.90. The summed E-state index contributed by atoms with van der Waals surface area (Å²) in [6.45, 7) is 4.51. The molecular weight excluding hydrogens is 472 g/mol. The first-order valence-electron chi connectivity index (χ1n) is 11.5. The van der Waals surface area contributed by atoms with Crippen LogP contribution < -0.4 is 0 Å². The summed E-state index contributed by atoms with van der Waals surface area (Å²) in [4.78, 5) is 14.6. The molecule has 3 rings (SSSR count). The second kappa shape index (κ2) is 11.7. The number of nitriles is 1. The average Bonchev–Trinajstić information content (AvgIpc) is 3.30. The topological polar surface area (TPSA) is 142 Å². The Hall–Kier alpha value is -2.85. The van der Waals surface area contributed by atoms with Crippen molar-refractivity contribution < 1.29 is 23.1 Å². The first-order chi connectivity index (χ1) is 16.7. The quantitative estimate of drug-likeness (QED) is 0.614. The van der Waals surface area contributed by atoms with Gasteiger partial charge in [0.15, 0.2) is 0 Å². The molecule has 0 saturated heterocycles. The standard InChI is InChI=1S/C23H32N6O5S/c1-17-13-28(18(2)15-30)23(31)8-5-9-29-20(12-25-26-29)16-34-22(17)14-27(3)35(32,33)21-7-4-6-19(10-21)11-24/h4,6-7,10,12,17-18,22,30H,5,8-9,13-16H2,1-3H3/t17-,18-,22+/m0/s1. The van der Waals surface area contributed by atoms with Gasteiger partial charge in [-0.2, -0.15) is 9.57 Å². The minimum atomic E-state index is -3.89. The Kier molecular flexibility index (Phi) is 8.96. The molecule has 0 radical (unpaired) electrons. The van der Waals surface area contributed by atoms with E-state index in [1.165, 1.54) is 29.6 Å². The van der Waals surface area contributed by atoms with E-state index >= 15 is 0 Å². The van der Waals surface area contributed by atoms with Crippen molar-refractivity contribution in [2.75, 3.05) is 26.7 Å². The molecule has 35 heavy (non-hydrogen) atoms. The van der Waals surface area contributed by atoms with Gasteiger partial charge in [-0.1, -0.05) is 18.2 Å². The zero-order valence-corrected chi connectivity index (χ0v) is 21.1. The number of fused-ring (bicyclic) bond motifs is 1. The van der Waals surface area contributed by atoms with Gasteiger partial charge in [-0.25, -0.2) is 13.1 Å². The normalized spacial score (nSPS) is 21.0. The Morgan fingerprint density at radius 1 is 1.40 bits per heavy atom. The number of sulfonamides is 1. The van der Waals surface area contributed by atoms with E-state index in [2.05, 4.69) is 10.3 Å². The van der Waals surface area contributed by atoms with Crippen LogP contribution in [0.1, 0.15) is 37.9 Å². The number of nitrogens with zero attached hydrogens (tertiary/aromatic N) is 6. The minimum absolute atomic E-state index is 0.0211. The lowest BCUT2D eigenvalue weighted by atomic mass is 10.0. The summed E-state index contributed by atoms with van der Waals surface area (Å²) >= 11 is 0. The summed E-state index contributed by atoms with van der Waals surface area (Å²) < 4.78 is 35.5. The molecule has 0 bridgehead atoms. The minimum Gasteiger partial charge on any atom is -0.394 e. The van der Waals surface area contributed by atoms with Gasteiger partial charge in [-0.3, -0.25) is 4.79 Å². The number of amides is 1. The van der Waals surface area contributed by atoms with Gasteiger partial charge >= 0.3 is 0 Å². The highest BCUT2D eigenvalue weighted by Crippen LogP contribution is 2.21.